The van der Waals surface area contributed by atoms with Gasteiger partial charge < -0.3 is 24.2 Å². The van der Waals surface area contributed by atoms with E-state index in [1.54, 1.807) is 30.3 Å². The van der Waals surface area contributed by atoms with E-state index in [1.165, 1.54) is 0 Å². The average Bonchev–Trinajstić information content (AvgIpc) is 2.85. The number of esters is 1. The number of carbonyl (C=O) groups is 2. The summed E-state index contributed by atoms with van der Waals surface area (Å²) >= 11 is 0. The van der Waals surface area contributed by atoms with Gasteiger partial charge in [0.15, 0.2) is 0 Å². The summed E-state index contributed by atoms with van der Waals surface area (Å²) in [5, 5.41) is 0. The van der Waals surface area contributed by atoms with Crippen molar-refractivity contribution in [3.8, 4) is 5.75 Å². The molecule has 1 aromatic heterocycles. The second kappa shape index (κ2) is 10.3. The minimum absolute atomic E-state index is 0.138. The summed E-state index contributed by atoms with van der Waals surface area (Å²) in [5.41, 5.74) is 2.00. The molecule has 182 valence electrons. The number of piperazine rings is 1. The Kier molecular flexibility index (Phi) is 7.19. The van der Waals surface area contributed by atoms with Crippen molar-refractivity contribution in [2.24, 2.45) is 5.92 Å². The molecule has 0 saturated carbocycles. The van der Waals surface area contributed by atoms with E-state index >= 15 is 0 Å². The second-order valence-electron chi connectivity index (χ2n) is 8.58. The molecule has 9 nitrogen and oxygen atoms in total. The van der Waals surface area contributed by atoms with Crippen molar-refractivity contribution in [1.82, 2.24) is 14.9 Å². The Labute approximate surface area is 200 Å². The number of amides is 1. The maximum atomic E-state index is 13.4. The quantitative estimate of drug-likeness (QED) is 0.472. The number of aromatic nitrogens is 2. The maximum absolute atomic E-state index is 13.4. The Morgan fingerprint density at radius 3 is 2.59 bits per heavy atom. The lowest BCUT2D eigenvalue weighted by Gasteiger charge is -2.45. The van der Waals surface area contributed by atoms with Crippen LogP contribution in [-0.4, -0.2) is 72.3 Å². The molecule has 0 N–H and O–H groups in total. The van der Waals surface area contributed by atoms with Crippen molar-refractivity contribution in [1.29, 1.82) is 0 Å². The highest BCUT2D eigenvalue weighted by Crippen LogP contribution is 2.42. The molecule has 0 spiro atoms. The molecule has 1 saturated heterocycles. The van der Waals surface area contributed by atoms with Crippen LogP contribution in [-0.2, 0) is 9.53 Å². The number of ether oxygens (including phenoxy) is 2. The van der Waals surface area contributed by atoms with E-state index in [-0.39, 0.29) is 18.5 Å². The Hall–Kier alpha value is -3.36. The third-order valence-electron chi connectivity index (χ3n) is 6.81. The van der Waals surface area contributed by atoms with Crippen LogP contribution in [0.2, 0.25) is 0 Å². The number of fused-ring (bicyclic) bond motifs is 1. The zero-order chi connectivity index (χ0) is 24.2. The molecule has 34 heavy (non-hydrogen) atoms. The van der Waals surface area contributed by atoms with Gasteiger partial charge in [0, 0.05) is 62.8 Å². The summed E-state index contributed by atoms with van der Waals surface area (Å²) in [4.78, 5) is 40.8. The maximum Gasteiger partial charge on any atom is 0.410 e. The Morgan fingerprint density at radius 1 is 1.18 bits per heavy atom. The number of anilines is 2. The lowest BCUT2D eigenvalue weighted by Crippen LogP contribution is -2.61. The Balaban J connectivity index is 1.66. The molecule has 1 fully saturated rings. The fraction of sp³-hybridized carbons (Fsp3) is 0.520. The lowest BCUT2D eigenvalue weighted by molar-refractivity contribution is -0.143. The third kappa shape index (κ3) is 4.51. The summed E-state index contributed by atoms with van der Waals surface area (Å²) in [5.74, 6) is 0.173. The summed E-state index contributed by atoms with van der Waals surface area (Å²) in [7, 11) is 0. The predicted octanol–water partition coefficient (Wildman–Crippen LogP) is 3.31. The van der Waals surface area contributed by atoms with Crippen molar-refractivity contribution in [2.75, 3.05) is 49.1 Å². The molecule has 1 aromatic carbocycles. The second-order valence-corrected chi connectivity index (χ2v) is 8.58. The van der Waals surface area contributed by atoms with Gasteiger partial charge in [0.2, 0.25) is 5.95 Å². The molecular formula is C25H33N5O4. The molecule has 3 unspecified atom stereocenters. The highest BCUT2D eigenvalue weighted by molar-refractivity contribution is 5.82. The van der Waals surface area contributed by atoms with E-state index in [0.717, 1.165) is 24.3 Å². The van der Waals surface area contributed by atoms with Gasteiger partial charge in [0.25, 0.3) is 0 Å². The zero-order valence-electron chi connectivity index (χ0n) is 20.3. The topological polar surface area (TPSA) is 88.1 Å². The van der Waals surface area contributed by atoms with E-state index in [1.807, 2.05) is 24.0 Å². The molecule has 0 radical (unpaired) electrons. The molecule has 4 rings (SSSR count). The fourth-order valence-electron chi connectivity index (χ4n) is 5.02. The highest BCUT2D eigenvalue weighted by atomic mass is 16.6. The largest absolute Gasteiger partial charge is 0.450 e. The van der Waals surface area contributed by atoms with Crippen LogP contribution in [0.3, 0.4) is 0 Å². The first-order valence-corrected chi connectivity index (χ1v) is 12.0. The molecule has 1 amide bonds. The molecule has 0 aliphatic carbocycles. The Morgan fingerprint density at radius 2 is 1.91 bits per heavy atom. The smallest absolute Gasteiger partial charge is 0.410 e. The molecule has 2 aliphatic heterocycles. The standard InChI is InChI=1S/C25H33N5O4/c1-5-28(6-2)18-9-10-19-17(4)22(23(31)34-21(19)15-18)20-16-29(24-26-11-8-12-27-24)13-14-30(20)25(32)33-7-3/h8-12,15,17,20,22H,5-7,13-14,16H2,1-4H3. The van der Waals surface area contributed by atoms with Crippen LogP contribution < -0.4 is 14.5 Å². The van der Waals surface area contributed by atoms with Gasteiger partial charge in [-0.25, -0.2) is 14.8 Å². The number of rotatable bonds is 6. The lowest BCUT2D eigenvalue weighted by atomic mass is 9.79. The van der Waals surface area contributed by atoms with Crippen LogP contribution >= 0.6 is 0 Å². The van der Waals surface area contributed by atoms with Gasteiger partial charge >= 0.3 is 12.1 Å². The molecule has 3 heterocycles. The number of benzene rings is 1. The normalized spacial score (nSPS) is 22.1. The van der Waals surface area contributed by atoms with E-state index in [0.29, 0.717) is 31.3 Å². The number of carbonyl (C=O) groups excluding carboxylic acids is 2. The summed E-state index contributed by atoms with van der Waals surface area (Å²) in [6, 6.07) is 7.39. The van der Waals surface area contributed by atoms with Crippen LogP contribution in [0.15, 0.2) is 36.7 Å². The van der Waals surface area contributed by atoms with E-state index in [4.69, 9.17) is 9.47 Å². The summed E-state index contributed by atoms with van der Waals surface area (Å²) in [6.07, 6.45) is 2.97. The first kappa shape index (κ1) is 23.8. The predicted molar refractivity (Wildman–Crippen MR) is 129 cm³/mol. The number of hydrogen-bond acceptors (Lipinski definition) is 8. The Bertz CT molecular complexity index is 1010. The van der Waals surface area contributed by atoms with Crippen LogP contribution in [0, 0.1) is 5.92 Å². The van der Waals surface area contributed by atoms with Crippen molar-refractivity contribution < 1.29 is 19.1 Å². The summed E-state index contributed by atoms with van der Waals surface area (Å²) < 4.78 is 11.2. The van der Waals surface area contributed by atoms with Gasteiger partial charge in [-0.3, -0.25) is 4.79 Å². The molecule has 0 bridgehead atoms. The van der Waals surface area contributed by atoms with Gasteiger partial charge in [0.05, 0.1) is 18.6 Å². The van der Waals surface area contributed by atoms with Crippen LogP contribution in [0.5, 0.6) is 5.75 Å². The van der Waals surface area contributed by atoms with Crippen molar-refractivity contribution in [2.45, 2.75) is 39.7 Å². The average molecular weight is 468 g/mol. The first-order valence-electron chi connectivity index (χ1n) is 12.0. The fourth-order valence-corrected chi connectivity index (χ4v) is 5.02. The third-order valence-corrected chi connectivity index (χ3v) is 6.81. The molecule has 2 aliphatic rings. The highest BCUT2D eigenvalue weighted by Gasteiger charge is 2.47. The van der Waals surface area contributed by atoms with E-state index in [9.17, 15) is 9.59 Å². The van der Waals surface area contributed by atoms with Crippen molar-refractivity contribution in [3.63, 3.8) is 0 Å². The van der Waals surface area contributed by atoms with Crippen LogP contribution in [0.25, 0.3) is 0 Å². The molecule has 2 aromatic rings. The van der Waals surface area contributed by atoms with E-state index in [2.05, 4.69) is 34.8 Å². The molecular weight excluding hydrogens is 434 g/mol. The van der Waals surface area contributed by atoms with Gasteiger partial charge in [-0.15, -0.1) is 0 Å². The van der Waals surface area contributed by atoms with Crippen molar-refractivity contribution >= 4 is 23.7 Å². The molecule has 9 heteroatoms. The first-order chi connectivity index (χ1) is 16.5. The van der Waals surface area contributed by atoms with Gasteiger partial charge in [-0.1, -0.05) is 13.0 Å². The van der Waals surface area contributed by atoms with E-state index < -0.39 is 18.1 Å². The van der Waals surface area contributed by atoms with Crippen LogP contribution in [0.1, 0.15) is 39.2 Å². The number of nitrogens with zero attached hydrogens (tertiary/aromatic N) is 5. The van der Waals surface area contributed by atoms with Crippen molar-refractivity contribution in [3.05, 3.63) is 42.2 Å². The SMILES string of the molecule is CCOC(=O)N1CCN(c2ncccn2)CC1C1C(=O)Oc2cc(N(CC)CC)ccc2C1C. The minimum Gasteiger partial charge on any atom is -0.450 e. The van der Waals surface area contributed by atoms with Gasteiger partial charge in [-0.2, -0.15) is 0 Å². The number of hydrogen-bond donors (Lipinski definition) is 0. The van der Waals surface area contributed by atoms with Gasteiger partial charge in [-0.05, 0) is 38.5 Å². The minimum atomic E-state index is -0.539. The zero-order valence-corrected chi connectivity index (χ0v) is 20.3. The monoisotopic (exact) mass is 467 g/mol. The summed E-state index contributed by atoms with van der Waals surface area (Å²) in [6.45, 7) is 11.4. The van der Waals surface area contributed by atoms with Gasteiger partial charge in [0.1, 0.15) is 5.75 Å². The molecule has 3 atom stereocenters. The van der Waals surface area contributed by atoms with Crippen LogP contribution in [0.4, 0.5) is 16.4 Å².